The third-order valence-corrected chi connectivity index (χ3v) is 7.21. The van der Waals surface area contributed by atoms with Gasteiger partial charge in [0, 0.05) is 22.4 Å². The lowest BCUT2D eigenvalue weighted by atomic mass is 9.59. The van der Waals surface area contributed by atoms with Crippen LogP contribution in [0.2, 0.25) is 0 Å². The fourth-order valence-corrected chi connectivity index (χ4v) is 5.13. The molecule has 0 aromatic heterocycles. The number of halogens is 3. The van der Waals surface area contributed by atoms with E-state index in [-0.39, 0.29) is 11.5 Å². The van der Waals surface area contributed by atoms with Crippen LogP contribution in [0.4, 0.5) is 13.2 Å². The SMILES string of the molecule is Cc1ccc(SOCC2(COS(=O)(=O)c3ccc(C)cc3)CC(O)(C(F)(F)F)C2)cc1. The van der Waals surface area contributed by atoms with Gasteiger partial charge in [0.05, 0.1) is 18.1 Å². The minimum absolute atomic E-state index is 0.0893. The lowest BCUT2D eigenvalue weighted by Gasteiger charge is -2.52. The quantitative estimate of drug-likeness (QED) is 0.436. The van der Waals surface area contributed by atoms with Gasteiger partial charge in [-0.3, -0.25) is 4.18 Å². The molecule has 170 valence electrons. The van der Waals surface area contributed by atoms with E-state index in [9.17, 15) is 26.7 Å². The van der Waals surface area contributed by atoms with Crippen molar-refractivity contribution >= 4 is 22.2 Å². The van der Waals surface area contributed by atoms with Crippen molar-refractivity contribution in [3.05, 3.63) is 59.7 Å². The Kier molecular flexibility index (Phi) is 6.79. The Morgan fingerprint density at radius 1 is 0.968 bits per heavy atom. The minimum atomic E-state index is -4.82. The molecule has 0 radical (unpaired) electrons. The Hall–Kier alpha value is -1.59. The van der Waals surface area contributed by atoms with E-state index >= 15 is 0 Å². The van der Waals surface area contributed by atoms with Crippen LogP contribution in [0.3, 0.4) is 0 Å². The van der Waals surface area contributed by atoms with Crippen LogP contribution < -0.4 is 0 Å². The molecule has 0 unspecified atom stereocenters. The van der Waals surface area contributed by atoms with Gasteiger partial charge in [-0.1, -0.05) is 35.4 Å². The van der Waals surface area contributed by atoms with E-state index in [0.29, 0.717) is 0 Å². The second kappa shape index (κ2) is 8.74. The first-order valence-corrected chi connectivity index (χ1v) is 11.6. The maximum Gasteiger partial charge on any atom is 0.417 e. The molecule has 0 saturated heterocycles. The predicted molar refractivity (Wildman–Crippen MR) is 110 cm³/mol. The number of aryl methyl sites for hydroxylation is 2. The fraction of sp³-hybridized carbons (Fsp3) is 0.429. The molecule has 5 nitrogen and oxygen atoms in total. The first-order valence-electron chi connectivity index (χ1n) is 9.46. The van der Waals surface area contributed by atoms with Crippen molar-refractivity contribution in [2.45, 2.75) is 48.3 Å². The van der Waals surface area contributed by atoms with Gasteiger partial charge in [-0.2, -0.15) is 21.6 Å². The maximum absolute atomic E-state index is 13.2. The molecule has 0 spiro atoms. The van der Waals surface area contributed by atoms with Crippen LogP contribution in [0, 0.1) is 19.3 Å². The van der Waals surface area contributed by atoms with Crippen LogP contribution >= 0.6 is 12.0 Å². The van der Waals surface area contributed by atoms with Crippen molar-refractivity contribution in [3.8, 4) is 0 Å². The molecule has 2 aromatic rings. The lowest BCUT2D eigenvalue weighted by Crippen LogP contribution is -2.63. The molecule has 0 heterocycles. The van der Waals surface area contributed by atoms with Gasteiger partial charge in [0.2, 0.25) is 0 Å². The Labute approximate surface area is 183 Å². The van der Waals surface area contributed by atoms with E-state index in [1.54, 1.807) is 31.2 Å². The highest BCUT2D eigenvalue weighted by Crippen LogP contribution is 2.56. The monoisotopic (exact) mass is 476 g/mol. The highest BCUT2D eigenvalue weighted by Gasteiger charge is 2.67. The van der Waals surface area contributed by atoms with Crippen LogP contribution in [0.5, 0.6) is 0 Å². The van der Waals surface area contributed by atoms with Crippen molar-refractivity contribution in [1.29, 1.82) is 0 Å². The summed E-state index contributed by atoms with van der Waals surface area (Å²) in [4.78, 5) is 0.660. The Morgan fingerprint density at radius 3 is 2.00 bits per heavy atom. The molecule has 1 aliphatic carbocycles. The zero-order valence-electron chi connectivity index (χ0n) is 17.0. The summed E-state index contributed by atoms with van der Waals surface area (Å²) < 4.78 is 75.1. The number of hydrogen-bond donors (Lipinski definition) is 1. The second-order valence-corrected chi connectivity index (χ2v) is 10.6. The average molecular weight is 477 g/mol. The molecular formula is C21H23F3O5S2. The van der Waals surface area contributed by atoms with Gasteiger partial charge in [0.25, 0.3) is 10.1 Å². The van der Waals surface area contributed by atoms with E-state index in [1.165, 1.54) is 12.1 Å². The third kappa shape index (κ3) is 5.61. The van der Waals surface area contributed by atoms with Crippen molar-refractivity contribution in [3.63, 3.8) is 0 Å². The molecule has 1 N–H and O–H groups in total. The van der Waals surface area contributed by atoms with Crippen molar-refractivity contribution in [2.75, 3.05) is 13.2 Å². The molecule has 31 heavy (non-hydrogen) atoms. The van der Waals surface area contributed by atoms with Crippen LogP contribution in [-0.2, 0) is 18.5 Å². The smallest absolute Gasteiger partial charge is 0.380 e. The zero-order chi connectivity index (χ0) is 22.9. The van der Waals surface area contributed by atoms with E-state index in [2.05, 4.69) is 0 Å². The van der Waals surface area contributed by atoms with Gasteiger partial charge in [-0.05, 0) is 51.0 Å². The molecular weight excluding hydrogens is 453 g/mol. The Bertz CT molecular complexity index is 997. The van der Waals surface area contributed by atoms with Gasteiger partial charge >= 0.3 is 6.18 Å². The van der Waals surface area contributed by atoms with Gasteiger partial charge in [-0.15, -0.1) is 0 Å². The molecule has 10 heteroatoms. The lowest BCUT2D eigenvalue weighted by molar-refractivity contribution is -0.321. The van der Waals surface area contributed by atoms with Crippen molar-refractivity contribution in [2.24, 2.45) is 5.41 Å². The molecule has 1 aliphatic rings. The van der Waals surface area contributed by atoms with Crippen molar-refractivity contribution < 1.29 is 35.1 Å². The largest absolute Gasteiger partial charge is 0.417 e. The topological polar surface area (TPSA) is 72.8 Å². The zero-order valence-corrected chi connectivity index (χ0v) is 18.6. The molecule has 1 saturated carbocycles. The van der Waals surface area contributed by atoms with Gasteiger partial charge in [-0.25, -0.2) is 0 Å². The summed E-state index contributed by atoms with van der Waals surface area (Å²) in [5, 5.41) is 9.91. The Balaban J connectivity index is 1.69. The van der Waals surface area contributed by atoms with E-state index in [0.717, 1.165) is 28.1 Å². The number of hydrogen-bond acceptors (Lipinski definition) is 6. The number of benzene rings is 2. The molecule has 1 fully saturated rings. The summed E-state index contributed by atoms with van der Waals surface area (Å²) in [6.07, 6.45) is -6.24. The van der Waals surface area contributed by atoms with Crippen LogP contribution in [0.15, 0.2) is 58.3 Å². The van der Waals surface area contributed by atoms with Gasteiger partial charge in [0.15, 0.2) is 5.60 Å². The highest BCUT2D eigenvalue weighted by molar-refractivity contribution is 7.94. The van der Waals surface area contributed by atoms with Crippen LogP contribution in [-0.4, -0.2) is 38.5 Å². The Morgan fingerprint density at radius 2 is 1.48 bits per heavy atom. The molecule has 0 amide bonds. The summed E-state index contributed by atoms with van der Waals surface area (Å²) in [5.74, 6) is 0. The molecule has 0 atom stereocenters. The first kappa shape index (κ1) is 24.1. The first-order chi connectivity index (χ1) is 14.3. The number of aliphatic hydroxyl groups is 1. The molecule has 0 bridgehead atoms. The van der Waals surface area contributed by atoms with Gasteiger partial charge in [0.1, 0.15) is 0 Å². The van der Waals surface area contributed by atoms with Crippen molar-refractivity contribution in [1.82, 2.24) is 0 Å². The maximum atomic E-state index is 13.2. The third-order valence-electron chi connectivity index (χ3n) is 5.23. The van der Waals surface area contributed by atoms with Crippen LogP contribution in [0.1, 0.15) is 24.0 Å². The molecule has 3 rings (SSSR count). The summed E-state index contributed by atoms with van der Waals surface area (Å²) in [6.45, 7) is 2.97. The summed E-state index contributed by atoms with van der Waals surface area (Å²) in [7, 11) is -4.17. The summed E-state index contributed by atoms with van der Waals surface area (Å²) in [6, 6.07) is 13.3. The number of rotatable bonds is 8. The number of alkyl halides is 3. The van der Waals surface area contributed by atoms with E-state index in [4.69, 9.17) is 8.37 Å². The minimum Gasteiger partial charge on any atom is -0.380 e. The highest BCUT2D eigenvalue weighted by atomic mass is 32.2. The van der Waals surface area contributed by atoms with Crippen LogP contribution in [0.25, 0.3) is 0 Å². The molecule has 2 aromatic carbocycles. The molecule has 0 aliphatic heterocycles. The fourth-order valence-electron chi connectivity index (χ4n) is 3.43. The second-order valence-electron chi connectivity index (χ2n) is 8.07. The summed E-state index contributed by atoms with van der Waals surface area (Å²) >= 11 is 0.976. The normalized spacial score (nSPS) is 24.1. The standard InChI is InChI=1S/C21H23F3O5S2/c1-15-3-7-17(8-4-15)30-28-13-19(11-20(25,12-19)21(22,23)24)14-29-31(26,27)18-9-5-16(2)6-10-18/h3-10,25H,11-14H2,1-2H3. The van der Waals surface area contributed by atoms with Gasteiger partial charge < -0.3 is 9.29 Å². The van der Waals surface area contributed by atoms with E-state index < -0.39 is 46.8 Å². The van der Waals surface area contributed by atoms with E-state index in [1.807, 2.05) is 19.1 Å². The predicted octanol–water partition coefficient (Wildman–Crippen LogP) is 4.81. The average Bonchev–Trinajstić information content (AvgIpc) is 2.66. The summed E-state index contributed by atoms with van der Waals surface area (Å²) in [5.41, 5.74) is -2.28.